The van der Waals surface area contributed by atoms with Gasteiger partial charge in [-0.3, -0.25) is 10.1 Å². The third-order valence-electron chi connectivity index (χ3n) is 5.58. The number of methoxy groups -OCH3 is 1. The first-order valence-corrected chi connectivity index (χ1v) is 11.2. The number of para-hydroxylation sites is 1. The van der Waals surface area contributed by atoms with Crippen molar-refractivity contribution in [2.45, 2.75) is 17.9 Å². The normalized spacial score (nSPS) is 15.1. The van der Waals surface area contributed by atoms with Crippen molar-refractivity contribution in [3.63, 3.8) is 0 Å². The first-order valence-electron chi connectivity index (χ1n) is 9.76. The second-order valence-electron chi connectivity index (χ2n) is 7.55. The van der Waals surface area contributed by atoms with E-state index in [1.54, 1.807) is 24.3 Å². The molecule has 32 heavy (non-hydrogen) atoms. The molecule has 5 rings (SSSR count). The molecule has 0 saturated carbocycles. The summed E-state index contributed by atoms with van der Waals surface area (Å²) in [5, 5.41) is 12.1. The molecule has 0 saturated heterocycles. The van der Waals surface area contributed by atoms with Crippen LogP contribution >= 0.6 is 0 Å². The number of nitro groups is 1. The molecule has 9 heteroatoms. The lowest BCUT2D eigenvalue weighted by atomic mass is 10.0. The van der Waals surface area contributed by atoms with Crippen LogP contribution in [0.5, 0.6) is 11.5 Å². The summed E-state index contributed by atoms with van der Waals surface area (Å²) in [5.74, 6) is 0.694. The van der Waals surface area contributed by atoms with Crippen molar-refractivity contribution in [2.75, 3.05) is 7.11 Å². The molecular formula is C23H18N2O6S. The van der Waals surface area contributed by atoms with Crippen LogP contribution in [0.4, 0.5) is 5.69 Å². The van der Waals surface area contributed by atoms with Crippen molar-refractivity contribution in [1.82, 2.24) is 3.97 Å². The standard InChI is InChI=1S/C23H18N2O6S/c1-14-7-9-16(10-8-14)32(28,29)24-13-18-22-19(24)11-15(25(26)27)12-21(22)31-20-6-4-3-5-17(20)23(18)30-2/h3-13,23H,1-2H3. The van der Waals surface area contributed by atoms with Gasteiger partial charge in [0.1, 0.15) is 17.6 Å². The van der Waals surface area contributed by atoms with Crippen LogP contribution in [-0.4, -0.2) is 24.4 Å². The fourth-order valence-corrected chi connectivity index (χ4v) is 5.41. The highest BCUT2D eigenvalue weighted by Crippen LogP contribution is 2.47. The molecule has 2 heterocycles. The highest BCUT2D eigenvalue weighted by molar-refractivity contribution is 7.90. The van der Waals surface area contributed by atoms with Gasteiger partial charge in [0.05, 0.1) is 26.8 Å². The fraction of sp³-hybridized carbons (Fsp3) is 0.130. The molecule has 3 aromatic carbocycles. The smallest absolute Gasteiger partial charge is 0.275 e. The molecule has 1 aromatic heterocycles. The zero-order valence-electron chi connectivity index (χ0n) is 17.2. The van der Waals surface area contributed by atoms with E-state index >= 15 is 0 Å². The van der Waals surface area contributed by atoms with E-state index in [2.05, 4.69) is 0 Å². The zero-order chi connectivity index (χ0) is 22.6. The van der Waals surface area contributed by atoms with Gasteiger partial charge < -0.3 is 9.47 Å². The molecule has 0 bridgehead atoms. The van der Waals surface area contributed by atoms with E-state index in [1.165, 1.54) is 37.6 Å². The maximum absolute atomic E-state index is 13.5. The first-order chi connectivity index (χ1) is 15.3. The van der Waals surface area contributed by atoms with Gasteiger partial charge in [-0.25, -0.2) is 12.4 Å². The Labute approximate surface area is 183 Å². The molecular weight excluding hydrogens is 432 g/mol. The number of rotatable bonds is 4. The predicted octanol–water partition coefficient (Wildman–Crippen LogP) is 4.94. The van der Waals surface area contributed by atoms with Crippen LogP contribution < -0.4 is 4.74 Å². The lowest BCUT2D eigenvalue weighted by Crippen LogP contribution is -2.12. The van der Waals surface area contributed by atoms with Gasteiger partial charge in [0.2, 0.25) is 0 Å². The Bertz CT molecular complexity index is 1490. The van der Waals surface area contributed by atoms with Crippen LogP contribution in [0.1, 0.15) is 22.8 Å². The lowest BCUT2D eigenvalue weighted by molar-refractivity contribution is -0.384. The third kappa shape index (κ3) is 2.97. The summed E-state index contributed by atoms with van der Waals surface area (Å²) in [6, 6.07) is 16.2. The Balaban J connectivity index is 1.86. The number of aromatic nitrogens is 1. The lowest BCUT2D eigenvalue weighted by Gasteiger charge is -2.16. The molecule has 0 aliphatic carbocycles. The largest absolute Gasteiger partial charge is 0.456 e. The van der Waals surface area contributed by atoms with Crippen molar-refractivity contribution in [3.05, 3.63) is 93.7 Å². The van der Waals surface area contributed by atoms with Gasteiger partial charge >= 0.3 is 0 Å². The number of ether oxygens (including phenoxy) is 2. The predicted molar refractivity (Wildman–Crippen MR) is 118 cm³/mol. The minimum absolute atomic E-state index is 0.0759. The number of benzene rings is 3. The van der Waals surface area contributed by atoms with E-state index in [0.717, 1.165) is 9.54 Å². The summed E-state index contributed by atoms with van der Waals surface area (Å²) < 4.78 is 40.0. The number of non-ortho nitro benzene ring substituents is 1. The Hall–Kier alpha value is -3.69. The summed E-state index contributed by atoms with van der Waals surface area (Å²) in [7, 11) is -2.52. The molecule has 0 fully saturated rings. The van der Waals surface area contributed by atoms with Gasteiger partial charge in [-0.1, -0.05) is 35.9 Å². The maximum Gasteiger partial charge on any atom is 0.275 e. The molecule has 0 amide bonds. The molecule has 4 aromatic rings. The number of fused-ring (bicyclic) bond motifs is 1. The SMILES string of the molecule is COC1c2ccccc2Oc2cc([N+](=O)[O-])cc3c2c1cn3S(=O)(=O)c1ccc(C)cc1. The maximum atomic E-state index is 13.5. The van der Waals surface area contributed by atoms with Crippen LogP contribution in [0.3, 0.4) is 0 Å². The summed E-state index contributed by atoms with van der Waals surface area (Å²) in [6.45, 7) is 1.86. The van der Waals surface area contributed by atoms with Gasteiger partial charge in [-0.05, 0) is 25.1 Å². The summed E-state index contributed by atoms with van der Waals surface area (Å²) >= 11 is 0. The summed E-state index contributed by atoms with van der Waals surface area (Å²) in [5.41, 5.74) is 2.04. The van der Waals surface area contributed by atoms with Crippen LogP contribution in [-0.2, 0) is 14.8 Å². The van der Waals surface area contributed by atoms with Crippen LogP contribution in [0, 0.1) is 17.0 Å². The van der Waals surface area contributed by atoms with Gasteiger partial charge in [0.15, 0.2) is 0 Å². The molecule has 162 valence electrons. The highest BCUT2D eigenvalue weighted by atomic mass is 32.2. The van der Waals surface area contributed by atoms with Crippen molar-refractivity contribution < 1.29 is 22.8 Å². The molecule has 0 N–H and O–H groups in total. The number of aryl methyl sites for hydroxylation is 1. The first kappa shape index (κ1) is 20.2. The van der Waals surface area contributed by atoms with E-state index in [0.29, 0.717) is 22.3 Å². The van der Waals surface area contributed by atoms with Crippen molar-refractivity contribution in [2.24, 2.45) is 0 Å². The van der Waals surface area contributed by atoms with E-state index in [1.807, 2.05) is 19.1 Å². The Morgan fingerprint density at radius 3 is 2.44 bits per heavy atom. The van der Waals surface area contributed by atoms with Crippen molar-refractivity contribution >= 4 is 26.6 Å². The van der Waals surface area contributed by atoms with Gasteiger partial charge in [-0.2, -0.15) is 0 Å². The molecule has 0 radical (unpaired) electrons. The summed E-state index contributed by atoms with van der Waals surface area (Å²) in [6.07, 6.45) is 0.845. The molecule has 1 atom stereocenters. The Morgan fingerprint density at radius 2 is 1.75 bits per heavy atom. The summed E-state index contributed by atoms with van der Waals surface area (Å²) in [4.78, 5) is 11.1. The fourth-order valence-electron chi connectivity index (χ4n) is 4.05. The van der Waals surface area contributed by atoms with Gasteiger partial charge in [0.25, 0.3) is 15.7 Å². The number of hydrogen-bond acceptors (Lipinski definition) is 6. The van der Waals surface area contributed by atoms with Crippen LogP contribution in [0.25, 0.3) is 10.9 Å². The second kappa shape index (κ2) is 7.18. The van der Waals surface area contributed by atoms with E-state index in [4.69, 9.17) is 9.47 Å². The minimum atomic E-state index is -4.04. The molecule has 1 aliphatic rings. The monoisotopic (exact) mass is 450 g/mol. The quantitative estimate of drug-likeness (QED) is 0.323. The third-order valence-corrected chi connectivity index (χ3v) is 7.26. The highest BCUT2D eigenvalue weighted by Gasteiger charge is 2.33. The van der Waals surface area contributed by atoms with Gasteiger partial charge in [-0.15, -0.1) is 0 Å². The van der Waals surface area contributed by atoms with Crippen LogP contribution in [0.2, 0.25) is 0 Å². The number of hydrogen-bond donors (Lipinski definition) is 0. The minimum Gasteiger partial charge on any atom is -0.456 e. The molecule has 8 nitrogen and oxygen atoms in total. The Morgan fingerprint density at radius 1 is 1.03 bits per heavy atom. The second-order valence-corrected chi connectivity index (χ2v) is 9.36. The molecule has 1 unspecified atom stereocenters. The van der Waals surface area contributed by atoms with Crippen molar-refractivity contribution in [1.29, 1.82) is 0 Å². The zero-order valence-corrected chi connectivity index (χ0v) is 18.0. The average Bonchev–Trinajstić information content (AvgIpc) is 3.09. The van der Waals surface area contributed by atoms with E-state index in [9.17, 15) is 18.5 Å². The topological polar surface area (TPSA) is 101 Å². The average molecular weight is 450 g/mol. The van der Waals surface area contributed by atoms with Gasteiger partial charge in [0, 0.05) is 30.5 Å². The number of nitrogens with zero attached hydrogens (tertiary/aromatic N) is 2. The molecule has 1 aliphatic heterocycles. The van der Waals surface area contributed by atoms with E-state index in [-0.39, 0.29) is 21.8 Å². The molecule has 0 spiro atoms. The Kier molecular flexibility index (Phi) is 4.54. The number of nitro benzene ring substituents is 1. The van der Waals surface area contributed by atoms with Crippen LogP contribution in [0.15, 0.2) is 71.8 Å². The van der Waals surface area contributed by atoms with Crippen molar-refractivity contribution in [3.8, 4) is 11.5 Å². The van der Waals surface area contributed by atoms with E-state index < -0.39 is 21.1 Å².